The predicted octanol–water partition coefficient (Wildman–Crippen LogP) is 3.07. The summed E-state index contributed by atoms with van der Waals surface area (Å²) in [5.74, 6) is 0.00692. The lowest BCUT2D eigenvalue weighted by molar-refractivity contribution is -0.117. The normalized spacial score (nSPS) is 15.0. The molecule has 1 aliphatic heterocycles. The number of carbonyl (C=O) groups excluding carboxylic acids is 2. The van der Waals surface area contributed by atoms with E-state index in [0.29, 0.717) is 18.5 Å². The minimum atomic E-state index is -0.119. The first kappa shape index (κ1) is 18.0. The lowest BCUT2D eigenvalue weighted by atomic mass is 10.1. The molecular weight excluding hydrogens is 326 g/mol. The van der Waals surface area contributed by atoms with Gasteiger partial charge >= 0.3 is 0 Å². The molecule has 1 heterocycles. The third-order valence-electron chi connectivity index (χ3n) is 4.88. The molecule has 1 fully saturated rings. The van der Waals surface area contributed by atoms with Crippen molar-refractivity contribution in [2.24, 2.45) is 0 Å². The van der Waals surface area contributed by atoms with E-state index in [2.05, 4.69) is 29.3 Å². The molecule has 26 heavy (non-hydrogen) atoms. The zero-order chi connectivity index (χ0) is 18.5. The first-order valence-electron chi connectivity index (χ1n) is 9.03. The molecule has 0 radical (unpaired) electrons. The number of nitrogens with one attached hydrogen (secondary N) is 1. The van der Waals surface area contributed by atoms with Crippen molar-refractivity contribution < 1.29 is 9.59 Å². The Morgan fingerprint density at radius 3 is 2.65 bits per heavy atom. The quantitative estimate of drug-likeness (QED) is 0.870. The monoisotopic (exact) mass is 351 g/mol. The van der Waals surface area contributed by atoms with Crippen LogP contribution >= 0.6 is 0 Å². The number of para-hydroxylation sites is 1. The summed E-state index contributed by atoms with van der Waals surface area (Å²) in [6.07, 6.45) is 1.46. The first-order valence-corrected chi connectivity index (χ1v) is 9.03. The standard InChI is InChI=1S/C21H25N3O2/c1-16(23(2)18-9-4-3-5-10-18)15-22-21(26)17-8-6-11-19(14-17)24-13-7-12-20(24)25/h3-6,8-11,14,16H,7,12-13,15H2,1-2H3,(H,22,26). The average molecular weight is 351 g/mol. The highest BCUT2D eigenvalue weighted by molar-refractivity contribution is 5.99. The SMILES string of the molecule is CC(CNC(=O)c1cccc(N2CCCC2=O)c1)N(C)c1ccccc1. The van der Waals surface area contributed by atoms with Gasteiger partial charge < -0.3 is 15.1 Å². The summed E-state index contributed by atoms with van der Waals surface area (Å²) in [7, 11) is 2.02. The van der Waals surface area contributed by atoms with Gasteiger partial charge in [0.05, 0.1) is 0 Å². The zero-order valence-electron chi connectivity index (χ0n) is 15.3. The van der Waals surface area contributed by atoms with Crippen LogP contribution in [-0.2, 0) is 4.79 Å². The zero-order valence-corrected chi connectivity index (χ0v) is 15.3. The van der Waals surface area contributed by atoms with E-state index in [9.17, 15) is 9.59 Å². The summed E-state index contributed by atoms with van der Waals surface area (Å²) in [4.78, 5) is 28.3. The molecule has 0 spiro atoms. The molecule has 5 heteroatoms. The number of nitrogens with zero attached hydrogens (tertiary/aromatic N) is 2. The number of carbonyl (C=O) groups is 2. The Morgan fingerprint density at radius 2 is 1.96 bits per heavy atom. The molecule has 1 aliphatic rings. The second-order valence-corrected chi connectivity index (χ2v) is 6.70. The van der Waals surface area contributed by atoms with Gasteiger partial charge in [-0.25, -0.2) is 0 Å². The van der Waals surface area contributed by atoms with E-state index in [-0.39, 0.29) is 17.9 Å². The Labute approximate surface area is 154 Å². The van der Waals surface area contributed by atoms with Crippen LogP contribution in [0.3, 0.4) is 0 Å². The van der Waals surface area contributed by atoms with Gasteiger partial charge in [-0.1, -0.05) is 24.3 Å². The molecule has 1 unspecified atom stereocenters. The Kier molecular flexibility index (Phi) is 5.56. The maximum atomic E-state index is 12.5. The van der Waals surface area contributed by atoms with Crippen molar-refractivity contribution in [1.29, 1.82) is 0 Å². The lowest BCUT2D eigenvalue weighted by Crippen LogP contribution is -2.40. The van der Waals surface area contributed by atoms with Crippen molar-refractivity contribution in [3.8, 4) is 0 Å². The highest BCUT2D eigenvalue weighted by Crippen LogP contribution is 2.22. The van der Waals surface area contributed by atoms with Gasteiger partial charge in [-0.2, -0.15) is 0 Å². The number of amides is 2. The van der Waals surface area contributed by atoms with E-state index in [1.807, 2.05) is 37.4 Å². The molecule has 2 amide bonds. The minimum Gasteiger partial charge on any atom is -0.370 e. The van der Waals surface area contributed by atoms with Gasteiger partial charge in [-0.3, -0.25) is 9.59 Å². The van der Waals surface area contributed by atoms with Gasteiger partial charge in [0.25, 0.3) is 5.91 Å². The van der Waals surface area contributed by atoms with Gasteiger partial charge in [0.15, 0.2) is 0 Å². The Bertz CT molecular complexity index is 776. The van der Waals surface area contributed by atoms with Gasteiger partial charge in [-0.15, -0.1) is 0 Å². The molecule has 2 aromatic carbocycles. The maximum absolute atomic E-state index is 12.5. The number of benzene rings is 2. The maximum Gasteiger partial charge on any atom is 0.251 e. The Balaban J connectivity index is 1.60. The van der Waals surface area contributed by atoms with E-state index in [4.69, 9.17) is 0 Å². The van der Waals surface area contributed by atoms with E-state index in [1.54, 1.807) is 17.0 Å². The molecule has 5 nitrogen and oxygen atoms in total. The number of hydrogen-bond acceptors (Lipinski definition) is 3. The van der Waals surface area contributed by atoms with Crippen LogP contribution < -0.4 is 15.1 Å². The molecule has 1 N–H and O–H groups in total. The number of likely N-dealkylation sites (N-methyl/N-ethyl adjacent to an activating group) is 1. The molecule has 136 valence electrons. The van der Waals surface area contributed by atoms with Crippen LogP contribution in [0.15, 0.2) is 54.6 Å². The van der Waals surface area contributed by atoms with Crippen LogP contribution in [0, 0.1) is 0 Å². The van der Waals surface area contributed by atoms with Crippen molar-refractivity contribution in [1.82, 2.24) is 5.32 Å². The smallest absolute Gasteiger partial charge is 0.251 e. The first-order chi connectivity index (χ1) is 12.6. The largest absolute Gasteiger partial charge is 0.370 e. The molecule has 1 atom stereocenters. The highest BCUT2D eigenvalue weighted by Gasteiger charge is 2.22. The van der Waals surface area contributed by atoms with Gasteiger partial charge in [-0.05, 0) is 43.7 Å². The van der Waals surface area contributed by atoms with Crippen LogP contribution in [0.25, 0.3) is 0 Å². The fraction of sp³-hybridized carbons (Fsp3) is 0.333. The second-order valence-electron chi connectivity index (χ2n) is 6.70. The topological polar surface area (TPSA) is 52.7 Å². The van der Waals surface area contributed by atoms with Crippen molar-refractivity contribution in [2.75, 3.05) is 29.9 Å². The summed E-state index contributed by atoms with van der Waals surface area (Å²) >= 11 is 0. The van der Waals surface area contributed by atoms with Crippen molar-refractivity contribution in [2.45, 2.75) is 25.8 Å². The average Bonchev–Trinajstić information content (AvgIpc) is 3.12. The summed E-state index contributed by atoms with van der Waals surface area (Å²) in [6, 6.07) is 17.5. The Morgan fingerprint density at radius 1 is 1.19 bits per heavy atom. The Hall–Kier alpha value is -2.82. The van der Waals surface area contributed by atoms with Gasteiger partial charge in [0.2, 0.25) is 5.91 Å². The van der Waals surface area contributed by atoms with Crippen molar-refractivity contribution in [3.05, 3.63) is 60.2 Å². The molecule has 0 bridgehead atoms. The molecule has 1 saturated heterocycles. The molecule has 0 aliphatic carbocycles. The predicted molar refractivity (Wildman–Crippen MR) is 105 cm³/mol. The number of anilines is 2. The fourth-order valence-electron chi connectivity index (χ4n) is 3.13. The lowest BCUT2D eigenvalue weighted by Gasteiger charge is -2.27. The van der Waals surface area contributed by atoms with Crippen LogP contribution in [0.5, 0.6) is 0 Å². The summed E-state index contributed by atoms with van der Waals surface area (Å²) < 4.78 is 0. The van der Waals surface area contributed by atoms with Crippen LogP contribution in [0.1, 0.15) is 30.1 Å². The van der Waals surface area contributed by atoms with E-state index in [0.717, 1.165) is 24.3 Å². The van der Waals surface area contributed by atoms with Gasteiger partial charge in [0.1, 0.15) is 0 Å². The minimum absolute atomic E-state index is 0.119. The van der Waals surface area contributed by atoms with E-state index in [1.165, 1.54) is 0 Å². The van der Waals surface area contributed by atoms with Crippen LogP contribution in [0.4, 0.5) is 11.4 Å². The number of hydrogen-bond donors (Lipinski definition) is 1. The fourth-order valence-corrected chi connectivity index (χ4v) is 3.13. The molecule has 2 aromatic rings. The summed E-state index contributed by atoms with van der Waals surface area (Å²) in [5.41, 5.74) is 2.50. The third-order valence-corrected chi connectivity index (χ3v) is 4.88. The third kappa shape index (κ3) is 4.04. The second kappa shape index (κ2) is 8.04. The van der Waals surface area contributed by atoms with Crippen LogP contribution in [-0.4, -0.2) is 38.0 Å². The molecule has 3 rings (SSSR count). The molecule has 0 saturated carbocycles. The number of rotatable bonds is 6. The van der Waals surface area contributed by atoms with Crippen molar-refractivity contribution in [3.63, 3.8) is 0 Å². The highest BCUT2D eigenvalue weighted by atomic mass is 16.2. The summed E-state index contributed by atoms with van der Waals surface area (Å²) in [5, 5.41) is 2.99. The molecular formula is C21H25N3O2. The van der Waals surface area contributed by atoms with E-state index >= 15 is 0 Å². The van der Waals surface area contributed by atoms with Crippen molar-refractivity contribution >= 4 is 23.2 Å². The van der Waals surface area contributed by atoms with Gasteiger partial charge in [0, 0.05) is 49.5 Å². The molecule has 0 aromatic heterocycles. The van der Waals surface area contributed by atoms with E-state index < -0.39 is 0 Å². The summed E-state index contributed by atoms with van der Waals surface area (Å²) in [6.45, 7) is 3.34. The van der Waals surface area contributed by atoms with Crippen LogP contribution in [0.2, 0.25) is 0 Å².